The highest BCUT2D eigenvalue weighted by molar-refractivity contribution is 8.00. The number of nitrogens with one attached hydrogen (secondary N) is 5. The number of aromatic nitrogens is 4. The lowest BCUT2D eigenvalue weighted by Gasteiger charge is -2.40. The molecule has 7 N–H and O–H groups in total. The third-order valence-corrected chi connectivity index (χ3v) is 26.2. The number of rotatable bonds is 15. The Morgan fingerprint density at radius 3 is 1.02 bits per heavy atom. The molecular formula is C81H97N19O10S4. The third kappa shape index (κ3) is 18.5. The minimum atomic E-state index is -0.902. The van der Waals surface area contributed by atoms with Crippen molar-refractivity contribution in [3.8, 4) is 0 Å². The first-order valence-electron chi connectivity index (χ1n) is 39.2. The molecule has 15 heterocycles. The van der Waals surface area contributed by atoms with Crippen molar-refractivity contribution in [2.45, 2.75) is 64.3 Å². The fourth-order valence-electron chi connectivity index (χ4n) is 16.0. The van der Waals surface area contributed by atoms with Crippen molar-refractivity contribution in [2.75, 3.05) is 219 Å². The van der Waals surface area contributed by atoms with Crippen LogP contribution in [0.25, 0.3) is 0 Å². The number of piperazine rings is 3. The molecule has 0 bridgehead atoms. The highest BCUT2D eigenvalue weighted by Crippen LogP contribution is 2.39. The molecule has 114 heavy (non-hydrogen) atoms. The topological polar surface area (TPSA) is 313 Å². The first kappa shape index (κ1) is 79.6. The molecule has 0 aliphatic carbocycles. The van der Waals surface area contributed by atoms with Gasteiger partial charge < -0.3 is 75.8 Å². The number of ether oxygens (including phenoxy) is 1. The fourth-order valence-corrected chi connectivity index (χ4v) is 20.2. The average Bonchev–Trinajstić information content (AvgIpc) is 0.787. The van der Waals surface area contributed by atoms with E-state index in [1.807, 2.05) is 128 Å². The summed E-state index contributed by atoms with van der Waals surface area (Å²) in [6, 6.07) is 30.2. The van der Waals surface area contributed by atoms with Gasteiger partial charge in [-0.2, -0.15) is 47.0 Å². The minimum Gasteiger partial charge on any atom is -0.478 e. The van der Waals surface area contributed by atoms with E-state index in [9.17, 15) is 33.6 Å². The summed E-state index contributed by atoms with van der Waals surface area (Å²) >= 11 is 7.27. The number of hydrogen-bond acceptors (Lipinski definition) is 27. The number of carbonyl (C=O) groups excluding carboxylic acids is 6. The number of carboxylic acids is 1. The Balaban J connectivity index is 0.000000122. The number of carbonyl (C=O) groups is 7. The van der Waals surface area contributed by atoms with Crippen molar-refractivity contribution in [1.82, 2.24) is 40.0 Å². The van der Waals surface area contributed by atoms with Crippen LogP contribution >= 0.6 is 47.0 Å². The van der Waals surface area contributed by atoms with Crippen LogP contribution in [-0.4, -0.2) is 274 Å². The highest BCUT2D eigenvalue weighted by atomic mass is 32.2. The van der Waals surface area contributed by atoms with E-state index in [0.717, 1.165) is 244 Å². The number of aliphatic hydroxyl groups is 1. The molecule has 4 aromatic heterocycles. The van der Waals surface area contributed by atoms with Gasteiger partial charge in [0.15, 0.2) is 23.3 Å². The molecule has 7 saturated heterocycles. The van der Waals surface area contributed by atoms with Gasteiger partial charge in [-0.05, 0) is 133 Å². The van der Waals surface area contributed by atoms with E-state index in [1.54, 1.807) is 36.2 Å². The molecular weight excluding hydrogens is 1530 g/mol. The van der Waals surface area contributed by atoms with Crippen LogP contribution in [0.1, 0.15) is 67.2 Å². The summed E-state index contributed by atoms with van der Waals surface area (Å²) in [6.45, 7) is 21.6. The van der Waals surface area contributed by atoms with Crippen LogP contribution in [0.15, 0.2) is 122 Å². The Bertz CT molecular complexity index is 4470. The van der Waals surface area contributed by atoms with Crippen molar-refractivity contribution < 1.29 is 48.5 Å². The van der Waals surface area contributed by atoms with E-state index < -0.39 is 5.97 Å². The zero-order valence-corrected chi connectivity index (χ0v) is 67.4. The van der Waals surface area contributed by atoms with E-state index >= 15 is 0 Å². The lowest BCUT2D eigenvalue weighted by Crippen LogP contribution is -2.53. The second kappa shape index (κ2) is 36.9. The predicted octanol–water partition coefficient (Wildman–Crippen LogP) is 6.91. The number of pyridine rings is 4. The molecule has 600 valence electrons. The number of anilines is 11. The van der Waals surface area contributed by atoms with E-state index in [0.29, 0.717) is 41.1 Å². The van der Waals surface area contributed by atoms with Crippen molar-refractivity contribution >= 4 is 152 Å². The number of fused-ring (bicyclic) bond motifs is 12. The summed E-state index contributed by atoms with van der Waals surface area (Å²) in [7, 11) is 0. The molecule has 11 aliphatic rings. The summed E-state index contributed by atoms with van der Waals surface area (Å²) in [5.41, 5.74) is 12.2. The van der Waals surface area contributed by atoms with Crippen LogP contribution in [-0.2, 0) is 50.2 Å². The Kier molecular flexibility index (Phi) is 25.8. The molecule has 3 aromatic carbocycles. The van der Waals surface area contributed by atoms with Crippen LogP contribution < -0.4 is 60.9 Å². The smallest absolute Gasteiger partial charge is 0.338 e. The molecule has 33 heteroatoms. The molecule has 4 atom stereocenters. The molecule has 0 spiro atoms. The van der Waals surface area contributed by atoms with Gasteiger partial charge in [-0.3, -0.25) is 38.7 Å². The molecule has 11 aliphatic heterocycles. The highest BCUT2D eigenvalue weighted by Gasteiger charge is 2.41. The maximum Gasteiger partial charge on any atom is 0.338 e. The average molecular weight is 1630 g/mol. The zero-order valence-electron chi connectivity index (χ0n) is 64.1. The van der Waals surface area contributed by atoms with Crippen molar-refractivity contribution in [2.24, 2.45) is 0 Å². The summed E-state index contributed by atoms with van der Waals surface area (Å²) < 4.78 is 5.06. The minimum absolute atomic E-state index is 0.0292. The number of amides is 5. The molecule has 0 unspecified atom stereocenters. The van der Waals surface area contributed by atoms with E-state index in [4.69, 9.17) is 29.9 Å². The molecule has 18 rings (SSSR count). The van der Waals surface area contributed by atoms with Crippen molar-refractivity contribution in [3.63, 3.8) is 0 Å². The summed E-state index contributed by atoms with van der Waals surface area (Å²) in [6.07, 6.45) is 7.51. The fraction of sp³-hybridized carbons (Fsp3) is 0.444. The number of aliphatic hydroxyl groups excluding tert-OH is 1. The Labute approximate surface area is 680 Å². The lowest BCUT2D eigenvalue weighted by atomic mass is 10.1. The first-order valence-corrected chi connectivity index (χ1v) is 43.8. The molecule has 7 aromatic rings. The third-order valence-electron chi connectivity index (χ3n) is 22.1. The maximum absolute atomic E-state index is 12.5. The number of hydrogen-bond donors (Lipinski definition) is 7. The van der Waals surface area contributed by atoms with E-state index in [-0.39, 0.29) is 66.3 Å². The SMILES string of the molecule is CCNC(=O)c1ccc(N2CCN(Cc3cnc4c(c3)NC(=O)[C@@H]3CSCCN43)CC2)cc1.CCOC(=O)c1ccc(N2CCN(Cc3cnc4c(c3)NC(=O)[C@@H]3CSCCN43)CC2)cc1.O=C(O)c1ccc(N2CCN(Cc3cnc4c(c3)NC(=O)[C@@H]3CSCCN43)CC2)cc1.O=C1Nc2cc(CO)cnc2N2CCSC[C@@H]12. The van der Waals surface area contributed by atoms with Gasteiger partial charge in [-0.15, -0.1) is 0 Å². The van der Waals surface area contributed by atoms with Gasteiger partial charge in [0.25, 0.3) is 5.91 Å². The van der Waals surface area contributed by atoms with Crippen LogP contribution in [0, 0.1) is 0 Å². The summed E-state index contributed by atoms with van der Waals surface area (Å²) in [4.78, 5) is 126. The standard InChI is InChI=1S/C24H30N6O2S.C24H29N5O3S.C22H25N5O3S.C11H13N3O2S/c1-2-25-23(31)18-3-5-19(6-4-18)29-9-7-28(8-10-29)15-17-13-20-22(26-14-17)30-11-12-33-16-21(30)24(32)27-20;1-2-32-24(31)18-3-5-19(6-4-18)28-9-7-27(8-10-28)15-17-13-20-22(25-14-17)29-11-12-33-16-21(29)23(30)26-20;28-21-19-14-31-10-9-27(19)20-18(24-21)11-15(12-23-20)13-25-5-7-26(8-6-25)17-3-1-16(2-4-17)22(29)30;15-5-7-3-8-10(12-4-7)14-1-2-17-6-9(14)11(16)13-8/h3-6,13-14,21H,2,7-12,15-16H2,1H3,(H,25,31)(H,27,32);3-6,13-14,21H,2,7-12,15-16H2,1H3,(H,26,30);1-4,11-12,19H,5-10,13-14H2,(H,24,28)(H,29,30);3-4,9,15H,1-2,5-6H2,(H,13,16)/t2*21-;19-;9-/m0000/s1. The summed E-state index contributed by atoms with van der Waals surface area (Å²) in [5, 5.41) is 33.0. The zero-order chi connectivity index (χ0) is 78.8. The van der Waals surface area contributed by atoms with Gasteiger partial charge in [0, 0.05) is 224 Å². The summed E-state index contributed by atoms with van der Waals surface area (Å²) in [5.74, 6) is 9.97. The largest absolute Gasteiger partial charge is 0.478 e. The monoisotopic (exact) mass is 1620 g/mol. The van der Waals surface area contributed by atoms with Gasteiger partial charge in [0.1, 0.15) is 24.2 Å². The number of nitrogens with zero attached hydrogens (tertiary/aromatic N) is 14. The quantitative estimate of drug-likeness (QED) is 0.0513. The van der Waals surface area contributed by atoms with E-state index in [2.05, 4.69) is 98.8 Å². The van der Waals surface area contributed by atoms with E-state index in [1.165, 1.54) is 0 Å². The number of aromatic carboxylic acids is 1. The van der Waals surface area contributed by atoms with Gasteiger partial charge in [-0.25, -0.2) is 29.5 Å². The Hall–Kier alpha value is -9.61. The van der Waals surface area contributed by atoms with Gasteiger partial charge >= 0.3 is 11.9 Å². The Morgan fingerprint density at radius 2 is 0.719 bits per heavy atom. The molecule has 0 saturated carbocycles. The van der Waals surface area contributed by atoms with Crippen LogP contribution in [0.2, 0.25) is 0 Å². The van der Waals surface area contributed by atoms with Gasteiger partial charge in [0.05, 0.1) is 47.1 Å². The van der Waals surface area contributed by atoms with Crippen LogP contribution in [0.5, 0.6) is 0 Å². The molecule has 29 nitrogen and oxygen atoms in total. The normalized spacial score (nSPS) is 21.1. The van der Waals surface area contributed by atoms with Crippen LogP contribution in [0.3, 0.4) is 0 Å². The number of esters is 1. The van der Waals surface area contributed by atoms with Gasteiger partial charge in [-0.1, -0.05) is 0 Å². The number of carboxylic acid groups (broad SMARTS) is 1. The maximum atomic E-state index is 12.5. The molecule has 0 radical (unpaired) electrons. The molecule has 7 fully saturated rings. The van der Waals surface area contributed by atoms with Crippen molar-refractivity contribution in [3.05, 3.63) is 161 Å². The second-order valence-corrected chi connectivity index (χ2v) is 34.0. The van der Waals surface area contributed by atoms with Gasteiger partial charge in [0.2, 0.25) is 23.6 Å². The van der Waals surface area contributed by atoms with Crippen LogP contribution in [0.4, 0.5) is 63.1 Å². The number of thioether (sulfide) groups is 4. The first-order chi connectivity index (χ1) is 55.6. The second-order valence-electron chi connectivity index (χ2n) is 29.4. The predicted molar refractivity (Wildman–Crippen MR) is 454 cm³/mol. The Morgan fingerprint density at radius 1 is 0.421 bits per heavy atom. The number of benzene rings is 3. The lowest BCUT2D eigenvalue weighted by molar-refractivity contribution is -0.118. The van der Waals surface area contributed by atoms with Crippen molar-refractivity contribution in [1.29, 1.82) is 0 Å². The molecule has 5 amide bonds.